The van der Waals surface area contributed by atoms with Gasteiger partial charge in [0, 0.05) is 30.4 Å². The maximum absolute atomic E-state index is 13.0. The molecule has 0 aliphatic carbocycles. The fourth-order valence-corrected chi connectivity index (χ4v) is 1.87. The Labute approximate surface area is 114 Å². The van der Waals surface area contributed by atoms with Gasteiger partial charge in [0.05, 0.1) is 11.6 Å². The van der Waals surface area contributed by atoms with Crippen LogP contribution in [0.25, 0.3) is 0 Å². The largest absolute Gasteiger partial charge is 0.416 e. The molecule has 0 saturated carbocycles. The number of aryl methyl sites for hydroxylation is 1. The van der Waals surface area contributed by atoms with Gasteiger partial charge < -0.3 is 5.32 Å². The Kier molecular flexibility index (Phi) is 3.99. The van der Waals surface area contributed by atoms with E-state index >= 15 is 0 Å². The smallest absolute Gasteiger partial charge is 0.307 e. The van der Waals surface area contributed by atoms with Crippen molar-refractivity contribution in [2.75, 3.05) is 7.05 Å². The van der Waals surface area contributed by atoms with Gasteiger partial charge in [-0.1, -0.05) is 0 Å². The lowest BCUT2D eigenvalue weighted by atomic mass is 10.0. The van der Waals surface area contributed by atoms with Crippen molar-refractivity contribution in [1.82, 2.24) is 20.3 Å². The van der Waals surface area contributed by atoms with E-state index in [4.69, 9.17) is 0 Å². The highest BCUT2D eigenvalue weighted by Gasteiger charge is 2.35. The zero-order chi connectivity index (χ0) is 14.8. The zero-order valence-electron chi connectivity index (χ0n) is 10.9. The van der Waals surface area contributed by atoms with Gasteiger partial charge in [0.25, 0.3) is 0 Å². The Balaban J connectivity index is 2.50. The minimum absolute atomic E-state index is 0.00588. The van der Waals surface area contributed by atoms with Crippen molar-refractivity contribution in [2.45, 2.75) is 19.1 Å². The molecule has 0 aliphatic rings. The van der Waals surface area contributed by atoms with Crippen LogP contribution in [0.15, 0.2) is 30.9 Å². The first-order chi connectivity index (χ1) is 9.43. The van der Waals surface area contributed by atoms with Crippen LogP contribution in [-0.2, 0) is 6.18 Å². The molecule has 1 atom stereocenters. The van der Waals surface area contributed by atoms with E-state index in [9.17, 15) is 13.2 Å². The van der Waals surface area contributed by atoms with Gasteiger partial charge in [-0.3, -0.25) is 4.98 Å². The predicted molar refractivity (Wildman–Crippen MR) is 66.9 cm³/mol. The number of aromatic nitrogens is 3. The second-order valence-corrected chi connectivity index (χ2v) is 4.30. The summed E-state index contributed by atoms with van der Waals surface area (Å²) in [5.74, 6) is 0.275. The summed E-state index contributed by atoms with van der Waals surface area (Å²) in [5, 5.41) is 2.80. The van der Waals surface area contributed by atoms with E-state index in [0.717, 1.165) is 17.8 Å². The summed E-state index contributed by atoms with van der Waals surface area (Å²) in [6.07, 6.45) is 0.993. The Hall–Kier alpha value is -2.02. The normalized spacial score (nSPS) is 13.2. The van der Waals surface area contributed by atoms with Crippen molar-refractivity contribution in [3.8, 4) is 0 Å². The van der Waals surface area contributed by atoms with Crippen LogP contribution >= 0.6 is 0 Å². The maximum atomic E-state index is 13.0. The van der Waals surface area contributed by atoms with Crippen LogP contribution in [0.4, 0.5) is 13.2 Å². The summed E-state index contributed by atoms with van der Waals surface area (Å²) in [5.41, 5.74) is 0.105. The molecule has 2 aromatic rings. The number of hydrogen-bond acceptors (Lipinski definition) is 4. The fraction of sp³-hybridized carbons (Fsp3) is 0.308. The molecule has 106 valence electrons. The molecule has 0 amide bonds. The monoisotopic (exact) mass is 282 g/mol. The van der Waals surface area contributed by atoms with E-state index in [2.05, 4.69) is 20.3 Å². The molecule has 0 saturated heterocycles. The predicted octanol–water partition coefficient (Wildman–Crippen LogP) is 2.51. The van der Waals surface area contributed by atoms with Crippen LogP contribution in [0.5, 0.6) is 0 Å². The fourth-order valence-electron chi connectivity index (χ4n) is 1.87. The minimum Gasteiger partial charge on any atom is -0.307 e. The molecule has 0 radical (unpaired) electrons. The Morgan fingerprint density at radius 3 is 2.35 bits per heavy atom. The number of nitrogens with zero attached hydrogens (tertiary/aromatic N) is 3. The second-order valence-electron chi connectivity index (χ2n) is 4.30. The molecule has 2 rings (SSSR count). The molecule has 1 unspecified atom stereocenters. The molecule has 2 heterocycles. The van der Waals surface area contributed by atoms with Crippen molar-refractivity contribution in [3.05, 3.63) is 53.4 Å². The summed E-state index contributed by atoms with van der Waals surface area (Å²) >= 11 is 0. The van der Waals surface area contributed by atoms with Crippen LogP contribution in [0.2, 0.25) is 0 Å². The standard InChI is InChI=1S/C13H13F3N4/c1-8-5-19-12(20-6-8)11(17-2)9-7-18-4-3-10(9)13(14,15)16/h3-7,11,17H,1-2H3. The van der Waals surface area contributed by atoms with Gasteiger partial charge in [-0.05, 0) is 25.6 Å². The van der Waals surface area contributed by atoms with Crippen LogP contribution in [0, 0.1) is 6.92 Å². The first kappa shape index (κ1) is 14.4. The van der Waals surface area contributed by atoms with Crippen molar-refractivity contribution in [2.24, 2.45) is 0 Å². The third kappa shape index (κ3) is 2.93. The third-order valence-corrected chi connectivity index (χ3v) is 2.82. The van der Waals surface area contributed by atoms with Crippen LogP contribution in [0.1, 0.15) is 28.6 Å². The zero-order valence-corrected chi connectivity index (χ0v) is 10.9. The molecule has 0 aromatic carbocycles. The lowest BCUT2D eigenvalue weighted by molar-refractivity contribution is -0.138. The highest BCUT2D eigenvalue weighted by molar-refractivity contribution is 5.33. The summed E-state index contributed by atoms with van der Waals surface area (Å²) < 4.78 is 39.1. The Bertz CT molecular complexity index is 581. The van der Waals surface area contributed by atoms with E-state index < -0.39 is 17.8 Å². The average Bonchev–Trinajstić information content (AvgIpc) is 2.41. The molecular formula is C13H13F3N4. The van der Waals surface area contributed by atoms with E-state index in [1.807, 2.05) is 6.92 Å². The summed E-state index contributed by atoms with van der Waals surface area (Å²) in [6, 6.07) is 0.189. The summed E-state index contributed by atoms with van der Waals surface area (Å²) in [6.45, 7) is 1.81. The lowest BCUT2D eigenvalue weighted by Gasteiger charge is -2.19. The number of nitrogens with one attached hydrogen (secondary N) is 1. The molecule has 2 aromatic heterocycles. The molecule has 0 aliphatic heterocycles. The Morgan fingerprint density at radius 2 is 1.80 bits per heavy atom. The van der Waals surface area contributed by atoms with E-state index in [1.165, 1.54) is 6.20 Å². The summed E-state index contributed by atoms with van der Waals surface area (Å²) in [4.78, 5) is 11.9. The molecule has 4 nitrogen and oxygen atoms in total. The maximum Gasteiger partial charge on any atom is 0.416 e. The molecule has 0 spiro atoms. The summed E-state index contributed by atoms with van der Waals surface area (Å²) in [7, 11) is 1.56. The number of halogens is 3. The number of rotatable bonds is 3. The molecule has 7 heteroatoms. The van der Waals surface area contributed by atoms with E-state index in [1.54, 1.807) is 19.4 Å². The van der Waals surface area contributed by atoms with Gasteiger partial charge >= 0.3 is 6.18 Å². The first-order valence-electron chi connectivity index (χ1n) is 5.90. The lowest BCUT2D eigenvalue weighted by Crippen LogP contribution is -2.24. The van der Waals surface area contributed by atoms with Gasteiger partial charge in [-0.2, -0.15) is 13.2 Å². The molecular weight excluding hydrogens is 269 g/mol. The highest BCUT2D eigenvalue weighted by Crippen LogP contribution is 2.35. The van der Waals surface area contributed by atoms with Gasteiger partial charge in [0.2, 0.25) is 0 Å². The molecule has 20 heavy (non-hydrogen) atoms. The van der Waals surface area contributed by atoms with Crippen LogP contribution in [0.3, 0.4) is 0 Å². The average molecular weight is 282 g/mol. The van der Waals surface area contributed by atoms with Crippen LogP contribution < -0.4 is 5.32 Å². The van der Waals surface area contributed by atoms with E-state index in [0.29, 0.717) is 0 Å². The molecule has 1 N–H and O–H groups in total. The van der Waals surface area contributed by atoms with Crippen LogP contribution in [-0.4, -0.2) is 22.0 Å². The van der Waals surface area contributed by atoms with Gasteiger partial charge in [-0.25, -0.2) is 9.97 Å². The van der Waals surface area contributed by atoms with Crippen molar-refractivity contribution >= 4 is 0 Å². The van der Waals surface area contributed by atoms with Gasteiger partial charge in [0.15, 0.2) is 0 Å². The topological polar surface area (TPSA) is 50.7 Å². The Morgan fingerprint density at radius 1 is 1.15 bits per heavy atom. The number of hydrogen-bond donors (Lipinski definition) is 1. The molecule has 0 bridgehead atoms. The number of pyridine rings is 1. The quantitative estimate of drug-likeness (QED) is 0.939. The minimum atomic E-state index is -4.45. The van der Waals surface area contributed by atoms with Gasteiger partial charge in [-0.15, -0.1) is 0 Å². The van der Waals surface area contributed by atoms with Gasteiger partial charge in [0.1, 0.15) is 5.82 Å². The number of alkyl halides is 3. The highest BCUT2D eigenvalue weighted by atomic mass is 19.4. The van der Waals surface area contributed by atoms with E-state index in [-0.39, 0.29) is 11.4 Å². The van der Waals surface area contributed by atoms with Crippen molar-refractivity contribution in [3.63, 3.8) is 0 Å². The third-order valence-electron chi connectivity index (χ3n) is 2.82. The molecule has 0 fully saturated rings. The van der Waals surface area contributed by atoms with Crippen molar-refractivity contribution in [1.29, 1.82) is 0 Å². The SMILES string of the molecule is CNC(c1ncc(C)cn1)c1cnccc1C(F)(F)F. The second kappa shape index (κ2) is 5.54. The first-order valence-corrected chi connectivity index (χ1v) is 5.90. The van der Waals surface area contributed by atoms with Crippen molar-refractivity contribution < 1.29 is 13.2 Å².